The molecule has 130 valence electrons. The number of unbranched alkanes of at least 4 members (excludes halogenated alkanes) is 1. The zero-order valence-electron chi connectivity index (χ0n) is 13.9. The zero-order chi connectivity index (χ0) is 17.6. The number of hydrogen-bond acceptors (Lipinski definition) is 6. The summed E-state index contributed by atoms with van der Waals surface area (Å²) in [5.41, 5.74) is 1.61. The summed E-state index contributed by atoms with van der Waals surface area (Å²) in [6, 6.07) is 9.00. The standard InChI is InChI=1S/C18H19N3O3S/c1-2-3-9-19-13-7-5-4-6-12(13)18(23)24-11-15-20-14-8-10-25-16(14)17(22)21-15/h4-8,10,19H,2-3,9,11H2,1H3,(H,20,21,22). The third-order valence-electron chi connectivity index (χ3n) is 3.70. The number of esters is 1. The number of nitrogens with one attached hydrogen (secondary N) is 2. The highest BCUT2D eigenvalue weighted by Crippen LogP contribution is 2.17. The van der Waals surface area contributed by atoms with E-state index in [9.17, 15) is 9.59 Å². The molecule has 0 aliphatic carbocycles. The van der Waals surface area contributed by atoms with Gasteiger partial charge in [-0.1, -0.05) is 25.5 Å². The van der Waals surface area contributed by atoms with Crippen molar-refractivity contribution in [2.75, 3.05) is 11.9 Å². The van der Waals surface area contributed by atoms with Gasteiger partial charge >= 0.3 is 5.97 Å². The number of thiophene rings is 1. The van der Waals surface area contributed by atoms with Crippen LogP contribution in [0.15, 0.2) is 40.5 Å². The number of carbonyl (C=O) groups is 1. The number of ether oxygens (including phenoxy) is 1. The van der Waals surface area contributed by atoms with Gasteiger partial charge in [-0.05, 0) is 30.0 Å². The van der Waals surface area contributed by atoms with Gasteiger partial charge in [0.1, 0.15) is 17.1 Å². The monoisotopic (exact) mass is 357 g/mol. The molecule has 0 aliphatic rings. The molecule has 0 atom stereocenters. The van der Waals surface area contributed by atoms with E-state index in [2.05, 4.69) is 22.2 Å². The molecule has 0 fully saturated rings. The molecule has 0 radical (unpaired) electrons. The molecule has 0 saturated heterocycles. The first kappa shape index (κ1) is 17.2. The van der Waals surface area contributed by atoms with Crippen molar-refractivity contribution in [1.29, 1.82) is 0 Å². The van der Waals surface area contributed by atoms with E-state index < -0.39 is 5.97 Å². The summed E-state index contributed by atoms with van der Waals surface area (Å²) in [5.74, 6) is -0.117. The van der Waals surface area contributed by atoms with Gasteiger partial charge in [0.25, 0.3) is 5.56 Å². The molecule has 1 aromatic carbocycles. The molecule has 3 rings (SSSR count). The summed E-state index contributed by atoms with van der Waals surface area (Å²) in [7, 11) is 0. The Morgan fingerprint density at radius 2 is 2.16 bits per heavy atom. The molecular weight excluding hydrogens is 338 g/mol. The van der Waals surface area contributed by atoms with Gasteiger partial charge in [-0.3, -0.25) is 4.79 Å². The van der Waals surface area contributed by atoms with Crippen molar-refractivity contribution in [2.24, 2.45) is 0 Å². The highest BCUT2D eigenvalue weighted by Gasteiger charge is 2.13. The Morgan fingerprint density at radius 3 is 3.00 bits per heavy atom. The highest BCUT2D eigenvalue weighted by atomic mass is 32.1. The maximum Gasteiger partial charge on any atom is 0.340 e. The number of aromatic nitrogens is 2. The van der Waals surface area contributed by atoms with Crippen LogP contribution in [0.2, 0.25) is 0 Å². The van der Waals surface area contributed by atoms with Gasteiger partial charge in [0.15, 0.2) is 0 Å². The summed E-state index contributed by atoms with van der Waals surface area (Å²) in [6.07, 6.45) is 2.10. The second kappa shape index (κ2) is 7.94. The fourth-order valence-corrected chi connectivity index (χ4v) is 3.14. The largest absolute Gasteiger partial charge is 0.454 e. The topological polar surface area (TPSA) is 84.1 Å². The SMILES string of the molecule is CCCCNc1ccccc1C(=O)OCc1nc2ccsc2c(=O)[nH]1. The number of aromatic amines is 1. The normalized spacial score (nSPS) is 10.8. The number of rotatable bonds is 7. The lowest BCUT2D eigenvalue weighted by Crippen LogP contribution is -2.14. The van der Waals surface area contributed by atoms with Crippen LogP contribution in [-0.4, -0.2) is 22.5 Å². The average molecular weight is 357 g/mol. The number of nitrogens with zero attached hydrogens (tertiary/aromatic N) is 1. The fraction of sp³-hybridized carbons (Fsp3) is 0.278. The Hall–Kier alpha value is -2.67. The maximum absolute atomic E-state index is 12.4. The van der Waals surface area contributed by atoms with Crippen LogP contribution in [0.3, 0.4) is 0 Å². The first-order chi connectivity index (χ1) is 12.2. The van der Waals surface area contributed by atoms with Crippen LogP contribution < -0.4 is 10.9 Å². The van der Waals surface area contributed by atoms with Crippen LogP contribution in [0, 0.1) is 0 Å². The number of anilines is 1. The molecule has 2 N–H and O–H groups in total. The molecule has 25 heavy (non-hydrogen) atoms. The Bertz CT molecular complexity index is 932. The summed E-state index contributed by atoms with van der Waals surface area (Å²) >= 11 is 1.33. The van der Waals surface area contributed by atoms with Crippen LogP contribution in [0.5, 0.6) is 0 Å². The predicted molar refractivity (Wildman–Crippen MR) is 99.2 cm³/mol. The van der Waals surface area contributed by atoms with Crippen molar-refractivity contribution in [3.05, 3.63) is 57.5 Å². The number of benzene rings is 1. The fourth-order valence-electron chi connectivity index (χ4n) is 2.42. The molecule has 3 aromatic rings. The van der Waals surface area contributed by atoms with Crippen LogP contribution in [0.1, 0.15) is 35.9 Å². The molecule has 0 saturated carbocycles. The highest BCUT2D eigenvalue weighted by molar-refractivity contribution is 7.17. The lowest BCUT2D eigenvalue weighted by molar-refractivity contribution is 0.0463. The first-order valence-corrected chi connectivity index (χ1v) is 9.03. The van der Waals surface area contributed by atoms with E-state index in [1.165, 1.54) is 11.3 Å². The van der Waals surface area contributed by atoms with Crippen LogP contribution in [0.25, 0.3) is 10.2 Å². The molecule has 0 spiro atoms. The van der Waals surface area contributed by atoms with Crippen molar-refractivity contribution in [2.45, 2.75) is 26.4 Å². The first-order valence-electron chi connectivity index (χ1n) is 8.15. The number of fused-ring (bicyclic) bond motifs is 1. The lowest BCUT2D eigenvalue weighted by atomic mass is 10.1. The van der Waals surface area contributed by atoms with E-state index in [4.69, 9.17) is 4.74 Å². The summed E-state index contributed by atoms with van der Waals surface area (Å²) in [6.45, 7) is 2.83. The maximum atomic E-state index is 12.4. The van der Waals surface area contributed by atoms with E-state index in [0.717, 1.165) is 25.1 Å². The van der Waals surface area contributed by atoms with Crippen molar-refractivity contribution >= 4 is 33.2 Å². The smallest absolute Gasteiger partial charge is 0.340 e. The zero-order valence-corrected chi connectivity index (χ0v) is 14.7. The summed E-state index contributed by atoms with van der Waals surface area (Å²) < 4.78 is 5.90. The van der Waals surface area contributed by atoms with Gasteiger partial charge in [0, 0.05) is 12.2 Å². The van der Waals surface area contributed by atoms with Crippen molar-refractivity contribution in [1.82, 2.24) is 9.97 Å². The Kier molecular flexibility index (Phi) is 5.45. The van der Waals surface area contributed by atoms with Crippen molar-refractivity contribution < 1.29 is 9.53 Å². The van der Waals surface area contributed by atoms with Gasteiger partial charge in [0.2, 0.25) is 0 Å². The summed E-state index contributed by atoms with van der Waals surface area (Å²) in [5, 5.41) is 5.06. The quantitative estimate of drug-likeness (QED) is 0.499. The number of H-pyrrole nitrogens is 1. The Labute approximate surface area is 148 Å². The summed E-state index contributed by atoms with van der Waals surface area (Å²) in [4.78, 5) is 31.3. The third-order valence-corrected chi connectivity index (χ3v) is 4.60. The Morgan fingerprint density at radius 1 is 1.32 bits per heavy atom. The van der Waals surface area contributed by atoms with Crippen LogP contribution in [0.4, 0.5) is 5.69 Å². The second-order valence-electron chi connectivity index (χ2n) is 5.55. The number of para-hydroxylation sites is 1. The molecule has 0 unspecified atom stereocenters. The van der Waals surface area contributed by atoms with Crippen molar-refractivity contribution in [3.63, 3.8) is 0 Å². The van der Waals surface area contributed by atoms with E-state index >= 15 is 0 Å². The predicted octanol–water partition coefficient (Wildman–Crippen LogP) is 3.55. The van der Waals surface area contributed by atoms with Crippen LogP contribution >= 0.6 is 11.3 Å². The number of carbonyl (C=O) groups excluding carboxylic acids is 1. The molecule has 0 bridgehead atoms. The van der Waals surface area contributed by atoms with Crippen LogP contribution in [-0.2, 0) is 11.3 Å². The minimum Gasteiger partial charge on any atom is -0.454 e. The van der Waals surface area contributed by atoms with Gasteiger partial charge < -0.3 is 15.0 Å². The van der Waals surface area contributed by atoms with E-state index in [-0.39, 0.29) is 12.2 Å². The lowest BCUT2D eigenvalue weighted by Gasteiger charge is -2.11. The third kappa shape index (κ3) is 4.06. The van der Waals surface area contributed by atoms with E-state index in [1.54, 1.807) is 23.6 Å². The number of hydrogen-bond donors (Lipinski definition) is 2. The second-order valence-corrected chi connectivity index (χ2v) is 6.47. The molecule has 6 nitrogen and oxygen atoms in total. The van der Waals surface area contributed by atoms with Gasteiger partial charge in [-0.15, -0.1) is 11.3 Å². The van der Waals surface area contributed by atoms with Gasteiger partial charge in [-0.2, -0.15) is 0 Å². The van der Waals surface area contributed by atoms with Crippen molar-refractivity contribution in [3.8, 4) is 0 Å². The molecular formula is C18H19N3O3S. The molecule has 0 amide bonds. The van der Waals surface area contributed by atoms with E-state index in [0.29, 0.717) is 21.6 Å². The Balaban J connectivity index is 1.70. The molecule has 2 heterocycles. The van der Waals surface area contributed by atoms with E-state index in [1.807, 2.05) is 12.1 Å². The molecule has 2 aromatic heterocycles. The molecule has 0 aliphatic heterocycles. The molecule has 7 heteroatoms. The average Bonchev–Trinajstić information content (AvgIpc) is 3.09. The van der Waals surface area contributed by atoms with Gasteiger partial charge in [-0.25, -0.2) is 9.78 Å². The van der Waals surface area contributed by atoms with Gasteiger partial charge in [0.05, 0.1) is 11.1 Å². The minimum absolute atomic E-state index is 0.0802. The minimum atomic E-state index is -0.451.